The fraction of sp³-hybridized carbons (Fsp3) is 0.171. The summed E-state index contributed by atoms with van der Waals surface area (Å²) in [6.07, 6.45) is 1.69. The molecular formula is C35H30N4O4S3. The number of nitro groups is 1. The van der Waals surface area contributed by atoms with E-state index in [1.165, 1.54) is 40.9 Å². The van der Waals surface area contributed by atoms with Gasteiger partial charge in [0.15, 0.2) is 9.51 Å². The topological polar surface area (TPSA) is 97.9 Å². The summed E-state index contributed by atoms with van der Waals surface area (Å²) in [5.41, 5.74) is 7.21. The molecule has 0 N–H and O–H groups in total. The van der Waals surface area contributed by atoms with Crippen LogP contribution in [0, 0.1) is 37.8 Å². The maximum absolute atomic E-state index is 13.9. The van der Waals surface area contributed by atoms with Crippen LogP contribution < -0.4 is 9.64 Å². The lowest BCUT2D eigenvalue weighted by Gasteiger charge is -2.17. The Morgan fingerprint density at radius 2 is 1.72 bits per heavy atom. The van der Waals surface area contributed by atoms with E-state index < -0.39 is 4.92 Å². The minimum Gasteiger partial charge on any atom is -0.494 e. The van der Waals surface area contributed by atoms with Crippen LogP contribution in [0.4, 0.5) is 17.1 Å². The number of aliphatic imine (C=N–C) groups is 1. The number of thiazole rings is 1. The number of thioether (sulfide) groups is 1. The number of anilines is 1. The van der Waals surface area contributed by atoms with Crippen molar-refractivity contribution in [1.29, 1.82) is 0 Å². The number of aryl methyl sites for hydroxylation is 4. The van der Waals surface area contributed by atoms with Gasteiger partial charge in [0, 0.05) is 6.07 Å². The molecule has 1 saturated heterocycles. The highest BCUT2D eigenvalue weighted by molar-refractivity contribution is 8.19. The summed E-state index contributed by atoms with van der Waals surface area (Å²) in [7, 11) is 0. The van der Waals surface area contributed by atoms with Gasteiger partial charge in [-0.3, -0.25) is 19.8 Å². The zero-order chi connectivity index (χ0) is 32.5. The number of carbonyl (C=O) groups excluding carboxylic acids is 1. The molecule has 2 heterocycles. The highest BCUT2D eigenvalue weighted by Gasteiger charge is 2.35. The lowest BCUT2D eigenvalue weighted by Crippen LogP contribution is -2.28. The van der Waals surface area contributed by atoms with Crippen LogP contribution in [0.2, 0.25) is 0 Å². The third kappa shape index (κ3) is 6.57. The van der Waals surface area contributed by atoms with Gasteiger partial charge in [-0.15, -0.1) is 11.3 Å². The molecule has 0 unspecified atom stereocenters. The predicted octanol–water partition coefficient (Wildman–Crippen LogP) is 9.80. The van der Waals surface area contributed by atoms with Crippen LogP contribution in [-0.2, 0) is 4.79 Å². The Morgan fingerprint density at radius 3 is 2.43 bits per heavy atom. The Hall–Kier alpha value is -4.45. The van der Waals surface area contributed by atoms with Gasteiger partial charge in [-0.1, -0.05) is 30.0 Å². The molecule has 11 heteroatoms. The van der Waals surface area contributed by atoms with Crippen LogP contribution >= 0.6 is 34.9 Å². The van der Waals surface area contributed by atoms with Crippen molar-refractivity contribution in [3.8, 4) is 5.75 Å². The van der Waals surface area contributed by atoms with Gasteiger partial charge in [-0.2, -0.15) is 0 Å². The molecule has 0 saturated carbocycles. The molecule has 1 fully saturated rings. The molecule has 232 valence electrons. The van der Waals surface area contributed by atoms with Crippen LogP contribution in [-0.4, -0.2) is 27.6 Å². The summed E-state index contributed by atoms with van der Waals surface area (Å²) < 4.78 is 7.23. The summed E-state index contributed by atoms with van der Waals surface area (Å²) in [5, 5.41) is 12.7. The van der Waals surface area contributed by atoms with Gasteiger partial charge in [-0.25, -0.2) is 9.98 Å². The maximum atomic E-state index is 13.9. The van der Waals surface area contributed by atoms with E-state index in [4.69, 9.17) is 9.73 Å². The molecule has 1 amide bonds. The molecule has 0 radical (unpaired) electrons. The van der Waals surface area contributed by atoms with Gasteiger partial charge >= 0.3 is 0 Å². The molecule has 46 heavy (non-hydrogen) atoms. The third-order valence-electron chi connectivity index (χ3n) is 7.60. The van der Waals surface area contributed by atoms with E-state index >= 15 is 0 Å². The minimum atomic E-state index is -0.400. The number of rotatable bonds is 8. The quantitative estimate of drug-likeness (QED) is 0.0924. The molecule has 6 rings (SSSR count). The molecule has 1 aliphatic rings. The van der Waals surface area contributed by atoms with E-state index in [9.17, 15) is 14.9 Å². The van der Waals surface area contributed by atoms with Gasteiger partial charge in [0.2, 0.25) is 0 Å². The molecule has 5 aromatic rings. The largest absolute Gasteiger partial charge is 0.494 e. The molecule has 1 aliphatic heterocycles. The number of nitrogens with zero attached hydrogens (tertiary/aromatic N) is 4. The lowest BCUT2D eigenvalue weighted by molar-refractivity contribution is -0.387. The first-order chi connectivity index (χ1) is 22.1. The summed E-state index contributed by atoms with van der Waals surface area (Å²) in [4.78, 5) is 37.7. The number of fused-ring (bicyclic) bond motifs is 1. The van der Waals surface area contributed by atoms with Crippen molar-refractivity contribution in [1.82, 2.24) is 4.98 Å². The molecular weight excluding hydrogens is 637 g/mol. The van der Waals surface area contributed by atoms with E-state index in [1.54, 1.807) is 23.1 Å². The van der Waals surface area contributed by atoms with E-state index in [1.807, 2.05) is 89.2 Å². The first-order valence-corrected chi connectivity index (χ1v) is 17.0. The summed E-state index contributed by atoms with van der Waals surface area (Å²) in [6.45, 7) is 10.6. The number of aromatic nitrogens is 1. The smallest absolute Gasteiger partial charge is 0.283 e. The molecule has 4 aromatic carbocycles. The molecule has 0 bridgehead atoms. The first kappa shape index (κ1) is 31.5. The Labute approximate surface area is 279 Å². The first-order valence-electron chi connectivity index (χ1n) is 14.6. The second-order valence-electron chi connectivity index (χ2n) is 10.8. The molecule has 8 nitrogen and oxygen atoms in total. The second kappa shape index (κ2) is 13.1. The van der Waals surface area contributed by atoms with Crippen molar-refractivity contribution in [3.05, 3.63) is 116 Å². The zero-order valence-corrected chi connectivity index (χ0v) is 28.3. The number of hydrogen-bond donors (Lipinski definition) is 0. The van der Waals surface area contributed by atoms with Crippen LogP contribution in [0.15, 0.2) is 91.9 Å². The molecule has 0 spiro atoms. The van der Waals surface area contributed by atoms with Gasteiger partial charge in [0.25, 0.3) is 11.6 Å². The van der Waals surface area contributed by atoms with Crippen molar-refractivity contribution in [2.45, 2.75) is 43.9 Å². The summed E-state index contributed by atoms with van der Waals surface area (Å²) in [6, 6.07) is 22.5. The molecule has 0 atom stereocenters. The van der Waals surface area contributed by atoms with Crippen LogP contribution in [0.25, 0.3) is 16.3 Å². The zero-order valence-electron chi connectivity index (χ0n) is 25.9. The fourth-order valence-corrected chi connectivity index (χ4v) is 7.97. The van der Waals surface area contributed by atoms with Crippen LogP contribution in [0.5, 0.6) is 5.75 Å². The van der Waals surface area contributed by atoms with Gasteiger partial charge in [-0.05, 0) is 129 Å². The number of hydrogen-bond acceptors (Lipinski definition) is 9. The Bertz CT molecular complexity index is 2090. The Kier molecular flexibility index (Phi) is 8.99. The van der Waals surface area contributed by atoms with E-state index in [0.717, 1.165) is 43.9 Å². The lowest BCUT2D eigenvalue weighted by atomic mass is 10.1. The number of amidine groups is 1. The number of benzene rings is 4. The molecule has 1 aromatic heterocycles. The van der Waals surface area contributed by atoms with Crippen molar-refractivity contribution in [3.63, 3.8) is 0 Å². The van der Waals surface area contributed by atoms with Crippen LogP contribution in [0.3, 0.4) is 0 Å². The summed E-state index contributed by atoms with van der Waals surface area (Å²) in [5.74, 6) is 0.522. The standard InChI is InChI=1S/C35H30N4O4S3/c1-6-43-27-12-13-28-31(19-27)46-35(37-28)45-30-14-9-24(17-29(30)39(41)42)18-32-33(40)38(26-11-8-21(3)23(5)16-26)34(44-32)36-25-10-7-20(2)22(4)15-25/h7-19H,6H2,1-5H3/b32-18-,36-34?. The number of ether oxygens (including phenoxy) is 1. The van der Waals surface area contributed by atoms with Crippen molar-refractivity contribution >= 4 is 79.3 Å². The second-order valence-corrected chi connectivity index (χ2v) is 14.1. The van der Waals surface area contributed by atoms with E-state index in [0.29, 0.717) is 37.2 Å². The Morgan fingerprint density at radius 1 is 0.957 bits per heavy atom. The predicted molar refractivity (Wildman–Crippen MR) is 190 cm³/mol. The maximum Gasteiger partial charge on any atom is 0.283 e. The van der Waals surface area contributed by atoms with Crippen molar-refractivity contribution in [2.75, 3.05) is 11.5 Å². The van der Waals surface area contributed by atoms with Gasteiger partial charge in [0.05, 0.1) is 42.9 Å². The average molecular weight is 667 g/mol. The van der Waals surface area contributed by atoms with Crippen molar-refractivity contribution < 1.29 is 14.5 Å². The highest BCUT2D eigenvalue weighted by atomic mass is 32.2. The minimum absolute atomic E-state index is 0.0564. The number of nitro benzene ring substituents is 1. The normalized spacial score (nSPS) is 15.0. The van der Waals surface area contributed by atoms with E-state index in [-0.39, 0.29) is 11.6 Å². The highest BCUT2D eigenvalue weighted by Crippen LogP contribution is 2.42. The van der Waals surface area contributed by atoms with Crippen molar-refractivity contribution in [2.24, 2.45) is 4.99 Å². The van der Waals surface area contributed by atoms with E-state index in [2.05, 4.69) is 4.98 Å². The van der Waals surface area contributed by atoms with Gasteiger partial charge in [0.1, 0.15) is 5.75 Å². The fourth-order valence-electron chi connectivity index (χ4n) is 4.83. The number of carbonyl (C=O) groups is 1. The SMILES string of the molecule is CCOc1ccc2nc(Sc3ccc(/C=C4\SC(=Nc5ccc(C)c(C)c5)N(c5ccc(C)c(C)c5)C4=O)cc3[N+](=O)[O-])sc2c1. The Balaban J connectivity index is 1.34. The number of amides is 1. The summed E-state index contributed by atoms with van der Waals surface area (Å²) >= 11 is 3.96. The molecule has 0 aliphatic carbocycles. The van der Waals surface area contributed by atoms with Gasteiger partial charge < -0.3 is 4.74 Å². The average Bonchev–Trinajstić information content (AvgIpc) is 3.56. The monoisotopic (exact) mass is 666 g/mol. The third-order valence-corrected chi connectivity index (χ3v) is 10.7. The van der Waals surface area contributed by atoms with Crippen LogP contribution in [0.1, 0.15) is 34.7 Å².